The molecule has 0 saturated heterocycles. The minimum absolute atomic E-state index is 0.500. The molecule has 0 unspecified atom stereocenters. The summed E-state index contributed by atoms with van der Waals surface area (Å²) in [6.45, 7) is 0. The minimum Gasteiger partial charge on any atom is -0.255 e. The first-order chi connectivity index (χ1) is 9.93. The summed E-state index contributed by atoms with van der Waals surface area (Å²) in [6.07, 6.45) is 9.61. The molecule has 2 aromatic carbocycles. The number of rotatable bonds is 0. The summed E-state index contributed by atoms with van der Waals surface area (Å²) in [5.41, 5.74) is 6.21. The van der Waals surface area contributed by atoms with Gasteiger partial charge in [-0.25, -0.2) is 0 Å². The predicted molar refractivity (Wildman–Crippen MR) is 84.6 cm³/mol. The monoisotopic (exact) mass is 266 g/mol. The summed E-state index contributed by atoms with van der Waals surface area (Å²) in [5.74, 6) is 0. The van der Waals surface area contributed by atoms with Crippen LogP contribution in [0, 0.1) is 0 Å². The molecule has 0 amide bonds. The fraction of sp³-hybridized carbons (Fsp3) is 0.263. The number of benzene rings is 2. The van der Waals surface area contributed by atoms with Crippen LogP contribution in [0.3, 0.4) is 0 Å². The lowest BCUT2D eigenvalue weighted by Crippen LogP contribution is -2.06. The third kappa shape index (κ3) is 2.07. The van der Waals surface area contributed by atoms with Gasteiger partial charge in [-0.05, 0) is 53.2 Å². The Labute approximate surface area is 119 Å². The Morgan fingerprint density at radius 1 is 0.900 bits per heavy atom. The normalized spacial score (nSPS) is 16.3. The Morgan fingerprint density at radius 3 is 2.65 bits per heavy atom. The lowest BCUT2D eigenvalue weighted by Gasteiger charge is -2.25. The Hall–Kier alpha value is -1.89. The third-order valence-corrected chi connectivity index (χ3v) is 4.29. The zero-order chi connectivity index (χ0) is 13.9. The SMILES string of the molecule is C1=CC2=C(CC1)CCc1c2ccc2ccccc12.CF. The molecular formula is C19H19F. The maximum atomic E-state index is 9.50. The molecule has 0 bridgehead atoms. The van der Waals surface area contributed by atoms with Crippen molar-refractivity contribution < 1.29 is 4.39 Å². The van der Waals surface area contributed by atoms with Crippen LogP contribution in [0.2, 0.25) is 0 Å². The number of alkyl halides is 1. The van der Waals surface area contributed by atoms with Crippen LogP contribution in [0.5, 0.6) is 0 Å². The number of fused-ring (bicyclic) bond motifs is 4. The van der Waals surface area contributed by atoms with Crippen LogP contribution in [-0.4, -0.2) is 7.18 Å². The van der Waals surface area contributed by atoms with Gasteiger partial charge in [-0.15, -0.1) is 0 Å². The maximum absolute atomic E-state index is 9.50. The van der Waals surface area contributed by atoms with Crippen LogP contribution >= 0.6 is 0 Å². The summed E-state index contributed by atoms with van der Waals surface area (Å²) in [7, 11) is 0.500. The average Bonchev–Trinajstić information content (AvgIpc) is 2.56. The molecule has 102 valence electrons. The van der Waals surface area contributed by atoms with E-state index in [1.807, 2.05) is 0 Å². The Bertz CT molecular complexity index is 692. The summed E-state index contributed by atoms with van der Waals surface area (Å²) < 4.78 is 9.50. The van der Waals surface area contributed by atoms with Crippen LogP contribution in [0.1, 0.15) is 30.4 Å². The fourth-order valence-electron chi connectivity index (χ4n) is 3.38. The van der Waals surface area contributed by atoms with Gasteiger partial charge >= 0.3 is 0 Å². The van der Waals surface area contributed by atoms with E-state index >= 15 is 0 Å². The van der Waals surface area contributed by atoms with Crippen molar-refractivity contribution in [3.63, 3.8) is 0 Å². The van der Waals surface area contributed by atoms with Gasteiger partial charge in [-0.1, -0.05) is 54.1 Å². The highest BCUT2D eigenvalue weighted by Gasteiger charge is 2.20. The summed E-state index contributed by atoms with van der Waals surface area (Å²) >= 11 is 0. The van der Waals surface area contributed by atoms with Gasteiger partial charge in [0.2, 0.25) is 0 Å². The van der Waals surface area contributed by atoms with Crippen LogP contribution in [0.4, 0.5) is 4.39 Å². The largest absolute Gasteiger partial charge is 0.255 e. The molecule has 0 heterocycles. The molecule has 2 aliphatic carbocycles. The lowest BCUT2D eigenvalue weighted by molar-refractivity contribution is 0.636. The minimum atomic E-state index is 0.500. The first kappa shape index (κ1) is 13.1. The van der Waals surface area contributed by atoms with Gasteiger partial charge in [0.25, 0.3) is 0 Å². The highest BCUT2D eigenvalue weighted by Crippen LogP contribution is 2.39. The van der Waals surface area contributed by atoms with Crippen molar-refractivity contribution in [2.45, 2.75) is 25.7 Å². The van der Waals surface area contributed by atoms with Crippen LogP contribution < -0.4 is 0 Å². The van der Waals surface area contributed by atoms with Gasteiger partial charge in [0.1, 0.15) is 0 Å². The molecule has 2 aliphatic rings. The second-order valence-electron chi connectivity index (χ2n) is 5.27. The van der Waals surface area contributed by atoms with Crippen molar-refractivity contribution in [3.05, 3.63) is 65.3 Å². The molecule has 1 heteroatoms. The van der Waals surface area contributed by atoms with Gasteiger partial charge < -0.3 is 0 Å². The molecular weight excluding hydrogens is 247 g/mol. The predicted octanol–water partition coefficient (Wildman–Crippen LogP) is 5.48. The molecule has 0 aliphatic heterocycles. The quantitative estimate of drug-likeness (QED) is 0.592. The molecule has 0 radical (unpaired) electrons. The Morgan fingerprint density at radius 2 is 1.75 bits per heavy atom. The van der Waals surface area contributed by atoms with Crippen molar-refractivity contribution in [2.75, 3.05) is 7.18 Å². The van der Waals surface area contributed by atoms with Crippen LogP contribution in [0.15, 0.2) is 54.1 Å². The Balaban J connectivity index is 0.000000581. The lowest BCUT2D eigenvalue weighted by atomic mass is 9.80. The maximum Gasteiger partial charge on any atom is 0.0785 e. The molecule has 4 rings (SSSR count). The number of allylic oxidation sites excluding steroid dienone is 4. The van der Waals surface area contributed by atoms with Gasteiger partial charge in [-0.2, -0.15) is 0 Å². The van der Waals surface area contributed by atoms with Crippen LogP contribution in [-0.2, 0) is 6.42 Å². The standard InChI is InChI=1S/C18H16.CH3F/c1-3-7-15-13(5-1)9-11-18-16-8-4-2-6-14(16)10-12-17(15)18;1-2/h1,3-5,7-9,11H,2,6,10,12H2;1H3. The molecule has 0 atom stereocenters. The van der Waals surface area contributed by atoms with E-state index in [4.69, 9.17) is 0 Å². The summed E-state index contributed by atoms with van der Waals surface area (Å²) in [4.78, 5) is 0. The van der Waals surface area contributed by atoms with E-state index < -0.39 is 0 Å². The highest BCUT2D eigenvalue weighted by molar-refractivity contribution is 5.93. The van der Waals surface area contributed by atoms with E-state index in [0.29, 0.717) is 7.18 Å². The summed E-state index contributed by atoms with van der Waals surface area (Å²) in [5, 5.41) is 2.82. The fourth-order valence-corrected chi connectivity index (χ4v) is 3.38. The number of halogens is 1. The number of aryl methyl sites for hydroxylation is 1. The van der Waals surface area contributed by atoms with Crippen molar-refractivity contribution in [3.8, 4) is 0 Å². The van der Waals surface area contributed by atoms with Gasteiger partial charge in [0.05, 0.1) is 7.18 Å². The van der Waals surface area contributed by atoms with E-state index in [-0.39, 0.29) is 0 Å². The van der Waals surface area contributed by atoms with Gasteiger partial charge in [0, 0.05) is 0 Å². The molecule has 0 aromatic heterocycles. The first-order valence-electron chi connectivity index (χ1n) is 7.21. The van der Waals surface area contributed by atoms with E-state index in [2.05, 4.69) is 48.6 Å². The van der Waals surface area contributed by atoms with Crippen molar-refractivity contribution in [2.24, 2.45) is 0 Å². The highest BCUT2D eigenvalue weighted by atomic mass is 19.1. The van der Waals surface area contributed by atoms with Gasteiger partial charge in [-0.3, -0.25) is 4.39 Å². The van der Waals surface area contributed by atoms with E-state index in [9.17, 15) is 4.39 Å². The smallest absolute Gasteiger partial charge is 0.0785 e. The van der Waals surface area contributed by atoms with Crippen molar-refractivity contribution in [1.82, 2.24) is 0 Å². The number of hydrogen-bond acceptors (Lipinski definition) is 0. The molecule has 0 fully saturated rings. The van der Waals surface area contributed by atoms with Crippen molar-refractivity contribution in [1.29, 1.82) is 0 Å². The third-order valence-electron chi connectivity index (χ3n) is 4.29. The number of hydrogen-bond donors (Lipinski definition) is 0. The topological polar surface area (TPSA) is 0 Å². The van der Waals surface area contributed by atoms with E-state index in [0.717, 1.165) is 0 Å². The molecule has 0 nitrogen and oxygen atoms in total. The molecule has 0 N–H and O–H groups in total. The van der Waals surface area contributed by atoms with E-state index in [1.54, 1.807) is 11.1 Å². The van der Waals surface area contributed by atoms with Crippen molar-refractivity contribution >= 4 is 16.3 Å². The van der Waals surface area contributed by atoms with Gasteiger partial charge in [0.15, 0.2) is 0 Å². The summed E-state index contributed by atoms with van der Waals surface area (Å²) in [6, 6.07) is 13.4. The zero-order valence-corrected chi connectivity index (χ0v) is 11.8. The second-order valence-corrected chi connectivity index (χ2v) is 5.27. The van der Waals surface area contributed by atoms with E-state index in [1.165, 1.54) is 47.6 Å². The average molecular weight is 266 g/mol. The molecule has 2 aromatic rings. The molecule has 0 spiro atoms. The molecule has 20 heavy (non-hydrogen) atoms. The van der Waals surface area contributed by atoms with Crippen LogP contribution in [0.25, 0.3) is 16.3 Å². The first-order valence-corrected chi connectivity index (χ1v) is 7.21. The second kappa shape index (κ2) is 5.62. The molecule has 0 saturated carbocycles. The zero-order valence-electron chi connectivity index (χ0n) is 11.8. The Kier molecular flexibility index (Phi) is 3.68.